The fraction of sp³-hybridized carbons (Fsp3) is 0.269. The van der Waals surface area contributed by atoms with E-state index < -0.39 is 10.0 Å². The number of methoxy groups -OCH3 is 1. The summed E-state index contributed by atoms with van der Waals surface area (Å²) in [7, 11) is -0.846. The minimum Gasteiger partial charge on any atom is -0.495 e. The first-order valence-electron chi connectivity index (χ1n) is 11.2. The van der Waals surface area contributed by atoms with E-state index in [0.717, 1.165) is 18.7 Å². The van der Waals surface area contributed by atoms with E-state index >= 15 is 0 Å². The third-order valence-corrected chi connectivity index (χ3v) is 7.85. The van der Waals surface area contributed by atoms with Gasteiger partial charge in [0.15, 0.2) is 0 Å². The maximum Gasteiger partial charge on any atom is 0.264 e. The largest absolute Gasteiger partial charge is 0.495 e. The quantitative estimate of drug-likeness (QED) is 0.527. The minimum atomic E-state index is -3.82. The summed E-state index contributed by atoms with van der Waals surface area (Å²) in [5.41, 5.74) is 3.05. The first-order chi connectivity index (χ1) is 16.4. The molecule has 7 nitrogen and oxygen atoms in total. The standard InChI is InChI=1S/C26H29N3O4S/c1-28(24-7-3-4-8-25(24)33-2)34(31,32)23-15-11-21(12-16-23)26(30)27-19-20-9-13-22(14-10-20)29-17-5-6-18-29/h3-4,7-16H,5-6,17-19H2,1-2H3,(H,27,30). The highest BCUT2D eigenvalue weighted by atomic mass is 32.2. The number of nitrogens with one attached hydrogen (secondary N) is 1. The van der Waals surface area contributed by atoms with Crippen molar-refractivity contribution >= 4 is 27.3 Å². The van der Waals surface area contributed by atoms with Gasteiger partial charge in [-0.2, -0.15) is 0 Å². The van der Waals surface area contributed by atoms with Crippen molar-refractivity contribution in [2.45, 2.75) is 24.3 Å². The molecule has 0 atom stereocenters. The Morgan fingerprint density at radius 2 is 1.62 bits per heavy atom. The predicted octanol–water partition coefficient (Wildman–Crippen LogP) is 4.05. The second kappa shape index (κ2) is 10.2. The van der Waals surface area contributed by atoms with Gasteiger partial charge in [0.05, 0.1) is 17.7 Å². The van der Waals surface area contributed by atoms with Gasteiger partial charge < -0.3 is 15.0 Å². The van der Waals surface area contributed by atoms with Crippen LogP contribution in [-0.2, 0) is 16.6 Å². The number of hydrogen-bond acceptors (Lipinski definition) is 5. The molecule has 0 aliphatic carbocycles. The molecule has 0 aromatic heterocycles. The molecule has 4 rings (SSSR count). The van der Waals surface area contributed by atoms with Crippen LogP contribution in [0, 0.1) is 0 Å². The zero-order chi connectivity index (χ0) is 24.1. The van der Waals surface area contributed by atoms with Gasteiger partial charge in [-0.05, 0) is 66.9 Å². The van der Waals surface area contributed by atoms with E-state index in [1.54, 1.807) is 24.3 Å². The summed E-state index contributed by atoms with van der Waals surface area (Å²) in [5.74, 6) is 0.198. The van der Waals surface area contributed by atoms with Crippen molar-refractivity contribution in [1.82, 2.24) is 5.32 Å². The Morgan fingerprint density at radius 3 is 2.26 bits per heavy atom. The topological polar surface area (TPSA) is 78.9 Å². The Bertz CT molecular complexity index is 1240. The zero-order valence-electron chi connectivity index (χ0n) is 19.4. The van der Waals surface area contributed by atoms with Gasteiger partial charge in [0.25, 0.3) is 15.9 Å². The number of nitrogens with zero attached hydrogens (tertiary/aromatic N) is 2. The Hall–Kier alpha value is -3.52. The van der Waals surface area contributed by atoms with Crippen molar-refractivity contribution in [2.75, 3.05) is 36.5 Å². The van der Waals surface area contributed by atoms with Crippen LogP contribution in [-0.4, -0.2) is 41.6 Å². The summed E-state index contributed by atoms with van der Waals surface area (Å²) in [6.07, 6.45) is 2.46. The summed E-state index contributed by atoms with van der Waals surface area (Å²) in [6.45, 7) is 2.59. The van der Waals surface area contributed by atoms with E-state index in [-0.39, 0.29) is 10.8 Å². The van der Waals surface area contributed by atoms with Crippen molar-refractivity contribution in [3.8, 4) is 5.75 Å². The molecule has 1 heterocycles. The second-order valence-electron chi connectivity index (χ2n) is 8.21. The number of carbonyl (C=O) groups excluding carboxylic acids is 1. The second-order valence-corrected chi connectivity index (χ2v) is 10.2. The van der Waals surface area contributed by atoms with E-state index in [1.165, 1.54) is 61.3 Å². The third-order valence-electron chi connectivity index (χ3n) is 6.06. The average Bonchev–Trinajstić information content (AvgIpc) is 3.42. The Balaban J connectivity index is 1.40. The smallest absolute Gasteiger partial charge is 0.264 e. The van der Waals surface area contributed by atoms with Crippen LogP contribution >= 0.6 is 0 Å². The molecule has 1 aliphatic heterocycles. The third kappa shape index (κ3) is 5.02. The molecule has 178 valence electrons. The normalized spacial score (nSPS) is 13.5. The molecule has 1 aliphatic rings. The van der Waals surface area contributed by atoms with E-state index in [4.69, 9.17) is 4.74 Å². The highest BCUT2D eigenvalue weighted by molar-refractivity contribution is 7.92. The number of amides is 1. The molecule has 1 N–H and O–H groups in total. The number of carbonyl (C=O) groups is 1. The van der Waals surface area contributed by atoms with Crippen molar-refractivity contribution in [1.29, 1.82) is 0 Å². The van der Waals surface area contributed by atoms with Crippen molar-refractivity contribution in [3.05, 3.63) is 83.9 Å². The van der Waals surface area contributed by atoms with Crippen LogP contribution < -0.4 is 19.3 Å². The van der Waals surface area contributed by atoms with E-state index in [1.807, 2.05) is 12.1 Å². The highest BCUT2D eigenvalue weighted by Crippen LogP contribution is 2.31. The van der Waals surface area contributed by atoms with Crippen molar-refractivity contribution in [3.63, 3.8) is 0 Å². The van der Waals surface area contributed by atoms with Crippen LogP contribution in [0.2, 0.25) is 0 Å². The molecule has 0 unspecified atom stereocenters. The van der Waals surface area contributed by atoms with E-state index in [0.29, 0.717) is 23.5 Å². The Kier molecular flexibility index (Phi) is 7.07. The molecule has 3 aromatic carbocycles. The highest BCUT2D eigenvalue weighted by Gasteiger charge is 2.24. The lowest BCUT2D eigenvalue weighted by Gasteiger charge is -2.21. The first kappa shape index (κ1) is 23.6. The maximum atomic E-state index is 13.1. The van der Waals surface area contributed by atoms with Crippen molar-refractivity contribution in [2.24, 2.45) is 0 Å². The van der Waals surface area contributed by atoms with Gasteiger partial charge in [0, 0.05) is 37.9 Å². The lowest BCUT2D eigenvalue weighted by Crippen LogP contribution is -2.27. The van der Waals surface area contributed by atoms with Crippen molar-refractivity contribution < 1.29 is 17.9 Å². The number of anilines is 2. The molecule has 0 bridgehead atoms. The summed E-state index contributed by atoms with van der Waals surface area (Å²) in [5, 5.41) is 2.90. The Labute approximate surface area is 201 Å². The molecule has 34 heavy (non-hydrogen) atoms. The van der Waals surface area contributed by atoms with Gasteiger partial charge in [-0.25, -0.2) is 8.42 Å². The summed E-state index contributed by atoms with van der Waals surface area (Å²) < 4.78 is 32.6. The Morgan fingerprint density at radius 1 is 0.971 bits per heavy atom. The molecular weight excluding hydrogens is 450 g/mol. The van der Waals surface area contributed by atoms with Gasteiger partial charge in [-0.1, -0.05) is 24.3 Å². The molecule has 8 heteroatoms. The van der Waals surface area contributed by atoms with E-state index in [9.17, 15) is 13.2 Å². The number of ether oxygens (including phenoxy) is 1. The number of para-hydroxylation sites is 2. The number of sulfonamides is 1. The maximum absolute atomic E-state index is 13.1. The summed E-state index contributed by atoms with van der Waals surface area (Å²) >= 11 is 0. The van der Waals surface area contributed by atoms with Gasteiger partial charge in [0.2, 0.25) is 0 Å². The molecule has 1 saturated heterocycles. The molecule has 1 fully saturated rings. The fourth-order valence-corrected chi connectivity index (χ4v) is 5.25. The summed E-state index contributed by atoms with van der Waals surface area (Å²) in [6, 6.07) is 21.1. The monoisotopic (exact) mass is 479 g/mol. The van der Waals surface area contributed by atoms with Crippen LogP contribution in [0.1, 0.15) is 28.8 Å². The van der Waals surface area contributed by atoms with Crippen LogP contribution in [0.5, 0.6) is 5.75 Å². The SMILES string of the molecule is COc1ccccc1N(C)S(=O)(=O)c1ccc(C(=O)NCc2ccc(N3CCCC3)cc2)cc1. The molecular formula is C26H29N3O4S. The minimum absolute atomic E-state index is 0.0926. The van der Waals surface area contributed by atoms with Gasteiger partial charge >= 0.3 is 0 Å². The van der Waals surface area contributed by atoms with Crippen LogP contribution in [0.4, 0.5) is 11.4 Å². The molecule has 0 saturated carbocycles. The average molecular weight is 480 g/mol. The first-order valence-corrected chi connectivity index (χ1v) is 12.7. The summed E-state index contributed by atoms with van der Waals surface area (Å²) in [4.78, 5) is 15.1. The zero-order valence-corrected chi connectivity index (χ0v) is 20.2. The molecule has 1 amide bonds. The van der Waals surface area contributed by atoms with Gasteiger partial charge in [-0.15, -0.1) is 0 Å². The molecule has 0 spiro atoms. The fourth-order valence-electron chi connectivity index (χ4n) is 4.04. The van der Waals surface area contributed by atoms with Gasteiger partial charge in [-0.3, -0.25) is 9.10 Å². The molecule has 0 radical (unpaired) electrons. The van der Waals surface area contributed by atoms with E-state index in [2.05, 4.69) is 22.3 Å². The number of hydrogen-bond donors (Lipinski definition) is 1. The predicted molar refractivity (Wildman–Crippen MR) is 134 cm³/mol. The van der Waals surface area contributed by atoms with Crippen LogP contribution in [0.3, 0.4) is 0 Å². The van der Waals surface area contributed by atoms with Crippen LogP contribution in [0.15, 0.2) is 77.7 Å². The lowest BCUT2D eigenvalue weighted by molar-refractivity contribution is 0.0951. The lowest BCUT2D eigenvalue weighted by atomic mass is 10.1. The number of rotatable bonds is 8. The molecule has 3 aromatic rings. The van der Waals surface area contributed by atoms with Gasteiger partial charge in [0.1, 0.15) is 5.75 Å². The number of benzene rings is 3. The van der Waals surface area contributed by atoms with Crippen LogP contribution in [0.25, 0.3) is 0 Å².